The van der Waals surface area contributed by atoms with E-state index in [1.807, 2.05) is 0 Å². The molecular formula is C17H17ClN2O5S. The van der Waals surface area contributed by atoms with Crippen LogP contribution in [0.3, 0.4) is 0 Å². The van der Waals surface area contributed by atoms with Crippen molar-refractivity contribution in [2.24, 2.45) is 0 Å². The predicted octanol–water partition coefficient (Wildman–Crippen LogP) is 2.25. The molecule has 1 aliphatic rings. The first-order chi connectivity index (χ1) is 12.4. The second-order valence-electron chi connectivity index (χ2n) is 5.84. The summed E-state index contributed by atoms with van der Waals surface area (Å²) >= 11 is 5.80. The van der Waals surface area contributed by atoms with Crippen LogP contribution in [0.15, 0.2) is 47.5 Å². The summed E-state index contributed by atoms with van der Waals surface area (Å²) < 4.78 is 31.8. The van der Waals surface area contributed by atoms with Crippen LogP contribution in [0.25, 0.3) is 0 Å². The Hall–Kier alpha value is -2.16. The number of hydrogen-bond donors (Lipinski definition) is 1. The summed E-state index contributed by atoms with van der Waals surface area (Å²) in [5, 5.41) is 0.421. The van der Waals surface area contributed by atoms with E-state index in [1.54, 1.807) is 18.3 Å². The number of carbonyl (C=O) groups excluding carboxylic acids is 2. The number of hydrogen-bond acceptors (Lipinski definition) is 5. The Labute approximate surface area is 156 Å². The summed E-state index contributed by atoms with van der Waals surface area (Å²) in [6.45, 7) is -0.222. The molecule has 138 valence electrons. The molecule has 0 bridgehead atoms. The topological polar surface area (TPSA) is 96.5 Å². The lowest BCUT2D eigenvalue weighted by Crippen LogP contribution is -2.41. The lowest BCUT2D eigenvalue weighted by molar-refractivity contribution is -0.146. The van der Waals surface area contributed by atoms with Crippen molar-refractivity contribution >= 4 is 33.4 Å². The number of sulfonamides is 1. The van der Waals surface area contributed by atoms with Crippen LogP contribution in [0, 0.1) is 0 Å². The zero-order valence-electron chi connectivity index (χ0n) is 13.7. The molecule has 1 saturated heterocycles. The molecule has 1 aliphatic heterocycles. The number of H-pyrrole nitrogens is 1. The van der Waals surface area contributed by atoms with Crippen molar-refractivity contribution in [3.05, 3.63) is 53.3 Å². The Bertz CT molecular complexity index is 894. The first kappa shape index (κ1) is 18.6. The summed E-state index contributed by atoms with van der Waals surface area (Å²) in [5.41, 5.74) is 0.329. The van der Waals surface area contributed by atoms with E-state index in [0.29, 0.717) is 23.6 Å². The number of rotatable bonds is 6. The van der Waals surface area contributed by atoms with Gasteiger partial charge in [-0.05, 0) is 49.2 Å². The van der Waals surface area contributed by atoms with Gasteiger partial charge >= 0.3 is 5.97 Å². The lowest BCUT2D eigenvalue weighted by atomic mass is 10.2. The number of carbonyl (C=O) groups is 2. The maximum absolute atomic E-state index is 12.8. The van der Waals surface area contributed by atoms with Crippen molar-refractivity contribution in [3.63, 3.8) is 0 Å². The van der Waals surface area contributed by atoms with E-state index < -0.39 is 28.6 Å². The van der Waals surface area contributed by atoms with Crippen LogP contribution in [0.1, 0.15) is 23.3 Å². The second kappa shape index (κ2) is 7.61. The molecule has 1 aromatic carbocycles. The SMILES string of the molecule is O=C(COC(=O)[C@@H]1CCCN1S(=O)(=O)c1ccc(Cl)cc1)c1ccc[nH]1. The number of benzene rings is 1. The highest BCUT2D eigenvalue weighted by atomic mass is 35.5. The molecule has 1 N–H and O–H groups in total. The Morgan fingerprint density at radius 1 is 1.23 bits per heavy atom. The maximum Gasteiger partial charge on any atom is 0.324 e. The summed E-state index contributed by atoms with van der Waals surface area (Å²) in [4.78, 5) is 27.0. The zero-order valence-corrected chi connectivity index (χ0v) is 15.3. The molecule has 9 heteroatoms. The van der Waals surface area contributed by atoms with E-state index in [4.69, 9.17) is 16.3 Å². The molecule has 0 amide bonds. The highest BCUT2D eigenvalue weighted by Crippen LogP contribution is 2.27. The molecule has 0 aliphatic carbocycles. The minimum Gasteiger partial charge on any atom is -0.456 e. The van der Waals surface area contributed by atoms with Crippen molar-refractivity contribution in [1.82, 2.24) is 9.29 Å². The van der Waals surface area contributed by atoms with E-state index in [0.717, 1.165) is 4.31 Å². The smallest absolute Gasteiger partial charge is 0.324 e. The molecule has 3 rings (SSSR count). The number of ether oxygens (including phenoxy) is 1. The fourth-order valence-corrected chi connectivity index (χ4v) is 4.59. The van der Waals surface area contributed by atoms with Gasteiger partial charge in [-0.25, -0.2) is 8.42 Å². The summed E-state index contributed by atoms with van der Waals surface area (Å²) in [7, 11) is -3.85. The number of esters is 1. The Morgan fingerprint density at radius 2 is 1.96 bits per heavy atom. The van der Waals surface area contributed by atoms with Crippen LogP contribution < -0.4 is 0 Å². The van der Waals surface area contributed by atoms with Gasteiger partial charge in [0.2, 0.25) is 15.8 Å². The van der Waals surface area contributed by atoms with Gasteiger partial charge in [-0.2, -0.15) is 4.31 Å². The highest BCUT2D eigenvalue weighted by molar-refractivity contribution is 7.89. The van der Waals surface area contributed by atoms with Gasteiger partial charge in [-0.15, -0.1) is 0 Å². The number of aromatic amines is 1. The monoisotopic (exact) mass is 396 g/mol. The maximum atomic E-state index is 12.8. The predicted molar refractivity (Wildman–Crippen MR) is 94.4 cm³/mol. The Morgan fingerprint density at radius 3 is 2.62 bits per heavy atom. The van der Waals surface area contributed by atoms with Crippen LogP contribution in [0.4, 0.5) is 0 Å². The third-order valence-electron chi connectivity index (χ3n) is 4.14. The van der Waals surface area contributed by atoms with Crippen LogP contribution in [-0.2, 0) is 19.6 Å². The summed E-state index contributed by atoms with van der Waals surface area (Å²) in [6, 6.07) is 8.04. The number of Topliss-reactive ketones (excluding diaryl/α,β-unsaturated/α-hetero) is 1. The molecular weight excluding hydrogens is 380 g/mol. The first-order valence-corrected chi connectivity index (χ1v) is 9.82. The standard InChI is InChI=1S/C17H17ClN2O5S/c18-12-5-7-13(8-6-12)26(23,24)20-10-2-4-15(20)17(22)25-11-16(21)14-3-1-9-19-14/h1,3,5-9,15,19H,2,4,10-11H2/t15-/m0/s1. The fraction of sp³-hybridized carbons (Fsp3) is 0.294. The first-order valence-electron chi connectivity index (χ1n) is 8.00. The van der Waals surface area contributed by atoms with Gasteiger partial charge in [0.1, 0.15) is 6.04 Å². The van der Waals surface area contributed by atoms with E-state index in [9.17, 15) is 18.0 Å². The van der Waals surface area contributed by atoms with Gasteiger partial charge in [0.15, 0.2) is 6.61 Å². The average molecular weight is 397 g/mol. The van der Waals surface area contributed by atoms with Crippen molar-refractivity contribution in [3.8, 4) is 0 Å². The molecule has 1 fully saturated rings. The fourth-order valence-electron chi connectivity index (χ4n) is 2.82. The van der Waals surface area contributed by atoms with Crippen LogP contribution in [0.5, 0.6) is 0 Å². The Kier molecular flexibility index (Phi) is 5.45. The summed E-state index contributed by atoms with van der Waals surface area (Å²) in [6.07, 6.45) is 2.48. The summed E-state index contributed by atoms with van der Waals surface area (Å²) in [5.74, 6) is -1.10. The van der Waals surface area contributed by atoms with Crippen molar-refractivity contribution < 1.29 is 22.7 Å². The number of ketones is 1. The third kappa shape index (κ3) is 3.82. The van der Waals surface area contributed by atoms with E-state index in [2.05, 4.69) is 4.98 Å². The van der Waals surface area contributed by atoms with Gasteiger partial charge in [-0.3, -0.25) is 9.59 Å². The van der Waals surface area contributed by atoms with E-state index >= 15 is 0 Å². The number of aromatic nitrogens is 1. The molecule has 0 unspecified atom stereocenters. The lowest BCUT2D eigenvalue weighted by Gasteiger charge is -2.22. The normalized spacial score (nSPS) is 18.0. The third-order valence-corrected chi connectivity index (χ3v) is 6.31. The number of halogens is 1. The molecule has 2 heterocycles. The average Bonchev–Trinajstić information content (AvgIpc) is 3.31. The van der Waals surface area contributed by atoms with E-state index in [-0.39, 0.29) is 17.2 Å². The van der Waals surface area contributed by atoms with Gasteiger partial charge in [0.25, 0.3) is 0 Å². The van der Waals surface area contributed by atoms with Gasteiger partial charge < -0.3 is 9.72 Å². The van der Waals surface area contributed by atoms with Crippen molar-refractivity contribution in [2.75, 3.05) is 13.2 Å². The molecule has 1 aromatic heterocycles. The zero-order chi connectivity index (χ0) is 18.7. The minimum absolute atomic E-state index is 0.0593. The van der Waals surface area contributed by atoms with Crippen molar-refractivity contribution in [1.29, 1.82) is 0 Å². The van der Waals surface area contributed by atoms with Gasteiger partial charge in [0.05, 0.1) is 10.6 Å². The molecule has 0 spiro atoms. The Balaban J connectivity index is 1.70. The highest BCUT2D eigenvalue weighted by Gasteiger charge is 2.40. The molecule has 7 nitrogen and oxygen atoms in total. The van der Waals surface area contributed by atoms with E-state index in [1.165, 1.54) is 24.3 Å². The van der Waals surface area contributed by atoms with Crippen LogP contribution in [-0.4, -0.2) is 48.7 Å². The number of nitrogens with zero attached hydrogens (tertiary/aromatic N) is 1. The minimum atomic E-state index is -3.85. The largest absolute Gasteiger partial charge is 0.456 e. The molecule has 1 atom stereocenters. The molecule has 2 aromatic rings. The molecule has 0 radical (unpaired) electrons. The molecule has 0 saturated carbocycles. The quantitative estimate of drug-likeness (QED) is 0.596. The van der Waals surface area contributed by atoms with Gasteiger partial charge in [-0.1, -0.05) is 11.6 Å². The van der Waals surface area contributed by atoms with Crippen LogP contribution >= 0.6 is 11.6 Å². The van der Waals surface area contributed by atoms with Crippen LogP contribution in [0.2, 0.25) is 5.02 Å². The second-order valence-corrected chi connectivity index (χ2v) is 8.17. The number of nitrogens with one attached hydrogen (secondary N) is 1. The van der Waals surface area contributed by atoms with Gasteiger partial charge in [0, 0.05) is 17.8 Å². The molecule has 26 heavy (non-hydrogen) atoms. The van der Waals surface area contributed by atoms with Crippen molar-refractivity contribution in [2.45, 2.75) is 23.8 Å².